The van der Waals surface area contributed by atoms with Gasteiger partial charge in [-0.25, -0.2) is 13.1 Å². The van der Waals surface area contributed by atoms with E-state index in [4.69, 9.17) is 5.11 Å². The Kier molecular flexibility index (Phi) is 5.33. The van der Waals surface area contributed by atoms with E-state index >= 15 is 0 Å². The standard InChI is InChI=1S/C14H20N2O4S/c17-14(18)6-3-11-1-4-13(5-2-11)21(19,20)16-12-7-9-15-10-8-12/h1-2,4-5,12,15-16H,3,6-10H2,(H,17,18). The quantitative estimate of drug-likeness (QED) is 0.720. The van der Waals surface area contributed by atoms with Crippen molar-refractivity contribution < 1.29 is 18.3 Å². The van der Waals surface area contributed by atoms with Crippen LogP contribution in [-0.2, 0) is 21.2 Å². The minimum Gasteiger partial charge on any atom is -0.481 e. The lowest BCUT2D eigenvalue weighted by Crippen LogP contribution is -2.42. The lowest BCUT2D eigenvalue weighted by molar-refractivity contribution is -0.136. The number of rotatable bonds is 6. The van der Waals surface area contributed by atoms with E-state index in [0.717, 1.165) is 31.5 Å². The maximum atomic E-state index is 12.3. The lowest BCUT2D eigenvalue weighted by Gasteiger charge is -2.23. The maximum Gasteiger partial charge on any atom is 0.303 e. The van der Waals surface area contributed by atoms with Gasteiger partial charge in [-0.15, -0.1) is 0 Å². The Morgan fingerprint density at radius 2 is 1.86 bits per heavy atom. The van der Waals surface area contributed by atoms with Crippen LogP contribution in [0.4, 0.5) is 0 Å². The van der Waals surface area contributed by atoms with Crippen LogP contribution in [0.15, 0.2) is 29.2 Å². The van der Waals surface area contributed by atoms with Crippen LogP contribution in [0, 0.1) is 0 Å². The Morgan fingerprint density at radius 3 is 2.43 bits per heavy atom. The molecule has 0 atom stereocenters. The van der Waals surface area contributed by atoms with Gasteiger partial charge in [0.2, 0.25) is 10.0 Å². The fraction of sp³-hybridized carbons (Fsp3) is 0.500. The zero-order valence-corrected chi connectivity index (χ0v) is 12.5. The third kappa shape index (κ3) is 4.80. The molecule has 1 fully saturated rings. The topological polar surface area (TPSA) is 95.5 Å². The molecule has 0 aliphatic carbocycles. The van der Waals surface area contributed by atoms with Gasteiger partial charge in [-0.2, -0.15) is 0 Å². The van der Waals surface area contributed by atoms with Crippen LogP contribution >= 0.6 is 0 Å². The van der Waals surface area contributed by atoms with Gasteiger partial charge in [0.15, 0.2) is 0 Å². The molecule has 0 unspecified atom stereocenters. The minimum absolute atomic E-state index is 0.0251. The predicted molar refractivity (Wildman–Crippen MR) is 78.6 cm³/mol. The Bertz CT molecular complexity index is 577. The van der Waals surface area contributed by atoms with Crippen molar-refractivity contribution in [3.05, 3.63) is 29.8 Å². The van der Waals surface area contributed by atoms with Crippen molar-refractivity contribution in [2.24, 2.45) is 0 Å². The molecule has 1 heterocycles. The van der Waals surface area contributed by atoms with Crippen molar-refractivity contribution >= 4 is 16.0 Å². The van der Waals surface area contributed by atoms with Crippen LogP contribution in [0.5, 0.6) is 0 Å². The molecule has 0 bridgehead atoms. The molecule has 1 saturated heterocycles. The van der Waals surface area contributed by atoms with Crippen LogP contribution in [0.3, 0.4) is 0 Å². The first-order chi connectivity index (χ1) is 9.97. The second kappa shape index (κ2) is 7.02. The molecule has 0 spiro atoms. The number of carbonyl (C=O) groups is 1. The summed E-state index contributed by atoms with van der Waals surface area (Å²) in [5.41, 5.74) is 0.818. The van der Waals surface area contributed by atoms with Gasteiger partial charge in [-0.05, 0) is 50.0 Å². The largest absolute Gasteiger partial charge is 0.481 e. The molecule has 21 heavy (non-hydrogen) atoms. The van der Waals surface area contributed by atoms with E-state index in [0.29, 0.717) is 6.42 Å². The monoisotopic (exact) mass is 312 g/mol. The highest BCUT2D eigenvalue weighted by Crippen LogP contribution is 2.14. The van der Waals surface area contributed by atoms with E-state index in [9.17, 15) is 13.2 Å². The van der Waals surface area contributed by atoms with E-state index < -0.39 is 16.0 Å². The van der Waals surface area contributed by atoms with E-state index in [1.165, 1.54) is 12.1 Å². The SMILES string of the molecule is O=C(O)CCc1ccc(S(=O)(=O)NC2CCNCC2)cc1. The van der Waals surface area contributed by atoms with Crippen LogP contribution in [0.2, 0.25) is 0 Å². The van der Waals surface area contributed by atoms with Crippen molar-refractivity contribution in [1.29, 1.82) is 0 Å². The summed E-state index contributed by atoms with van der Waals surface area (Å²) in [5, 5.41) is 11.8. The third-order valence-electron chi connectivity index (χ3n) is 3.52. The number of carboxylic acid groups (broad SMARTS) is 1. The third-order valence-corrected chi connectivity index (χ3v) is 5.06. The van der Waals surface area contributed by atoms with Crippen molar-refractivity contribution in [3.8, 4) is 0 Å². The minimum atomic E-state index is -3.50. The fourth-order valence-electron chi connectivity index (χ4n) is 2.31. The Balaban J connectivity index is 2.00. The number of hydrogen-bond acceptors (Lipinski definition) is 4. The highest BCUT2D eigenvalue weighted by Gasteiger charge is 2.21. The van der Waals surface area contributed by atoms with Crippen molar-refractivity contribution in [2.75, 3.05) is 13.1 Å². The maximum absolute atomic E-state index is 12.3. The predicted octanol–water partition coefficient (Wildman–Crippen LogP) is 0.734. The second-order valence-corrected chi connectivity index (χ2v) is 6.90. The Morgan fingerprint density at radius 1 is 1.24 bits per heavy atom. The zero-order valence-electron chi connectivity index (χ0n) is 11.7. The smallest absolute Gasteiger partial charge is 0.303 e. The number of hydrogen-bond donors (Lipinski definition) is 3. The van der Waals surface area contributed by atoms with E-state index in [1.807, 2.05) is 0 Å². The molecule has 1 aliphatic heterocycles. The van der Waals surface area contributed by atoms with E-state index in [-0.39, 0.29) is 17.4 Å². The molecule has 116 valence electrons. The molecular weight excluding hydrogens is 292 g/mol. The van der Waals surface area contributed by atoms with Crippen molar-refractivity contribution in [2.45, 2.75) is 36.6 Å². The highest BCUT2D eigenvalue weighted by atomic mass is 32.2. The number of carboxylic acids is 1. The fourth-order valence-corrected chi connectivity index (χ4v) is 3.62. The molecule has 0 saturated carbocycles. The number of aryl methyl sites for hydroxylation is 1. The summed E-state index contributed by atoms with van der Waals surface area (Å²) in [6.45, 7) is 1.64. The summed E-state index contributed by atoms with van der Waals surface area (Å²) in [7, 11) is -3.50. The highest BCUT2D eigenvalue weighted by molar-refractivity contribution is 7.89. The van der Waals surface area contributed by atoms with E-state index in [1.54, 1.807) is 12.1 Å². The molecule has 1 aromatic carbocycles. The van der Waals surface area contributed by atoms with Crippen LogP contribution in [0.1, 0.15) is 24.8 Å². The van der Waals surface area contributed by atoms with Gasteiger partial charge in [0.1, 0.15) is 0 Å². The summed E-state index contributed by atoms with van der Waals surface area (Å²) >= 11 is 0. The van der Waals surface area contributed by atoms with Gasteiger partial charge in [0.05, 0.1) is 4.90 Å². The van der Waals surface area contributed by atoms with Crippen LogP contribution in [-0.4, -0.2) is 38.6 Å². The van der Waals surface area contributed by atoms with Gasteiger partial charge < -0.3 is 10.4 Å². The molecule has 7 heteroatoms. The average molecular weight is 312 g/mol. The molecule has 0 radical (unpaired) electrons. The van der Waals surface area contributed by atoms with Crippen molar-refractivity contribution in [3.63, 3.8) is 0 Å². The van der Waals surface area contributed by atoms with Gasteiger partial charge in [-0.1, -0.05) is 12.1 Å². The van der Waals surface area contributed by atoms with Crippen molar-refractivity contribution in [1.82, 2.24) is 10.0 Å². The summed E-state index contributed by atoms with van der Waals surface area (Å²) in [6.07, 6.45) is 2.02. The van der Waals surface area contributed by atoms with Gasteiger partial charge in [-0.3, -0.25) is 4.79 Å². The number of nitrogens with one attached hydrogen (secondary N) is 2. The lowest BCUT2D eigenvalue weighted by atomic mass is 10.1. The molecule has 0 aromatic heterocycles. The molecule has 1 aliphatic rings. The zero-order chi connectivity index (χ0) is 15.3. The van der Waals surface area contributed by atoms with E-state index in [2.05, 4.69) is 10.0 Å². The molecule has 0 amide bonds. The summed E-state index contributed by atoms with van der Waals surface area (Å²) in [4.78, 5) is 10.7. The molecule has 6 nitrogen and oxygen atoms in total. The number of aliphatic carboxylic acids is 1. The molecule has 1 aromatic rings. The Hall–Kier alpha value is -1.44. The molecule has 3 N–H and O–H groups in total. The summed E-state index contributed by atoms with van der Waals surface area (Å²) in [5.74, 6) is -0.862. The number of benzene rings is 1. The number of sulfonamides is 1. The first kappa shape index (κ1) is 15.9. The van der Waals surface area contributed by atoms with Gasteiger partial charge in [0.25, 0.3) is 0 Å². The first-order valence-corrected chi connectivity index (χ1v) is 8.49. The van der Waals surface area contributed by atoms with Crippen LogP contribution < -0.4 is 10.0 Å². The molecule has 2 rings (SSSR count). The summed E-state index contributed by atoms with van der Waals surface area (Å²) in [6, 6.07) is 6.36. The Labute approximate surface area is 124 Å². The average Bonchev–Trinajstić information content (AvgIpc) is 2.46. The van der Waals surface area contributed by atoms with Crippen LogP contribution in [0.25, 0.3) is 0 Å². The first-order valence-electron chi connectivity index (χ1n) is 7.01. The van der Waals surface area contributed by atoms with Gasteiger partial charge in [0, 0.05) is 12.5 Å². The summed E-state index contributed by atoms with van der Waals surface area (Å²) < 4.78 is 27.2. The second-order valence-electron chi connectivity index (χ2n) is 5.18. The number of piperidine rings is 1. The van der Waals surface area contributed by atoms with Gasteiger partial charge >= 0.3 is 5.97 Å². The normalized spacial score (nSPS) is 16.8. The molecular formula is C14H20N2O4S.